The smallest absolute Gasteiger partial charge is 0.0238 e. The average Bonchev–Trinajstić information content (AvgIpc) is 1.97. The van der Waals surface area contributed by atoms with Crippen molar-refractivity contribution in [3.8, 4) is 0 Å². The second-order valence-corrected chi connectivity index (χ2v) is 1.95. The summed E-state index contributed by atoms with van der Waals surface area (Å²) >= 11 is 0. The molecule has 0 unspecified atom stereocenters. The molecule has 0 saturated carbocycles. The highest BCUT2D eigenvalue weighted by Crippen LogP contribution is 1.62. The second-order valence-electron chi connectivity index (χ2n) is 1.95. The predicted octanol–water partition coefficient (Wildman–Crippen LogP) is -2.16. The summed E-state index contributed by atoms with van der Waals surface area (Å²) in [5.74, 6) is 0. The van der Waals surface area contributed by atoms with Crippen LogP contribution in [0.3, 0.4) is 0 Å². The van der Waals surface area contributed by atoms with Crippen LogP contribution in [0.4, 0.5) is 0 Å². The largest absolute Gasteiger partial charge is 0.329 e. The van der Waals surface area contributed by atoms with E-state index in [0.717, 1.165) is 13.1 Å². The molecule has 0 amide bonds. The van der Waals surface area contributed by atoms with Crippen LogP contribution in [-0.4, -0.2) is 38.3 Å². The minimum Gasteiger partial charge on any atom is -0.329 e. The number of hydrogen-bond acceptors (Lipinski definition) is 5. The maximum Gasteiger partial charge on any atom is 0.0238 e. The molecule has 0 rings (SSSR count). The van der Waals surface area contributed by atoms with Crippen molar-refractivity contribution in [1.29, 1.82) is 0 Å². The molecule has 0 radical (unpaired) electrons. The van der Waals surface area contributed by atoms with Crippen LogP contribution in [-0.2, 0) is 0 Å². The van der Waals surface area contributed by atoms with Gasteiger partial charge in [0.25, 0.3) is 0 Å². The number of hydrogen-bond donors (Lipinski definition) is 4. The Labute approximate surface area is 61.7 Å². The van der Waals surface area contributed by atoms with Gasteiger partial charge in [0, 0.05) is 33.2 Å². The van der Waals surface area contributed by atoms with E-state index in [0.29, 0.717) is 13.1 Å². The van der Waals surface area contributed by atoms with Gasteiger partial charge in [-0.15, -0.1) is 0 Å². The van der Waals surface area contributed by atoms with Crippen LogP contribution >= 0.6 is 0 Å². The van der Waals surface area contributed by atoms with Crippen molar-refractivity contribution in [2.75, 3.05) is 33.2 Å². The highest BCUT2D eigenvalue weighted by molar-refractivity contribution is 4.42. The first-order valence-corrected chi connectivity index (χ1v) is 3.42. The Morgan fingerprint density at radius 2 is 1.50 bits per heavy atom. The molecular formula is C5H17N5. The van der Waals surface area contributed by atoms with Crippen molar-refractivity contribution in [2.45, 2.75) is 0 Å². The van der Waals surface area contributed by atoms with E-state index in [9.17, 15) is 0 Å². The fourth-order valence-corrected chi connectivity index (χ4v) is 0.520. The third kappa shape index (κ3) is 5.93. The Kier molecular flexibility index (Phi) is 6.78. The van der Waals surface area contributed by atoms with E-state index in [-0.39, 0.29) is 0 Å². The molecule has 6 N–H and O–H groups in total. The third-order valence-corrected chi connectivity index (χ3v) is 0.987. The van der Waals surface area contributed by atoms with E-state index < -0.39 is 0 Å². The first kappa shape index (κ1) is 9.80. The molecule has 0 heterocycles. The zero-order chi connectivity index (χ0) is 7.82. The number of rotatable bonds is 6. The van der Waals surface area contributed by atoms with Gasteiger partial charge in [-0.2, -0.15) is 5.12 Å². The van der Waals surface area contributed by atoms with Crippen molar-refractivity contribution in [1.82, 2.24) is 16.0 Å². The first-order valence-electron chi connectivity index (χ1n) is 3.42. The lowest BCUT2D eigenvalue weighted by Gasteiger charge is -2.17. The van der Waals surface area contributed by atoms with Gasteiger partial charge in [0.1, 0.15) is 0 Å². The first-order chi connectivity index (χ1) is 4.81. The lowest BCUT2D eigenvalue weighted by Crippen LogP contribution is -2.48. The molecule has 0 aliphatic rings. The van der Waals surface area contributed by atoms with E-state index in [1.165, 1.54) is 0 Å². The molecule has 0 aliphatic heterocycles. The van der Waals surface area contributed by atoms with Crippen LogP contribution in [0, 0.1) is 0 Å². The zero-order valence-electron chi connectivity index (χ0n) is 6.43. The maximum atomic E-state index is 5.26. The minimum absolute atomic E-state index is 0.634. The summed E-state index contributed by atoms with van der Waals surface area (Å²) in [7, 11) is 1.88. The Morgan fingerprint density at radius 1 is 1.10 bits per heavy atom. The van der Waals surface area contributed by atoms with E-state index in [1.807, 2.05) is 7.05 Å². The molecule has 10 heavy (non-hydrogen) atoms. The molecule has 5 nitrogen and oxygen atoms in total. The summed E-state index contributed by atoms with van der Waals surface area (Å²) < 4.78 is 0. The SMILES string of the molecule is CN(NCCN)NCCN. The summed E-state index contributed by atoms with van der Waals surface area (Å²) in [6.07, 6.45) is 0. The van der Waals surface area contributed by atoms with Crippen molar-refractivity contribution < 1.29 is 0 Å². The quantitative estimate of drug-likeness (QED) is 0.322. The predicted molar refractivity (Wildman–Crippen MR) is 41.9 cm³/mol. The Morgan fingerprint density at radius 3 is 1.80 bits per heavy atom. The molecule has 0 spiro atoms. The highest BCUT2D eigenvalue weighted by atomic mass is 15.7. The lowest BCUT2D eigenvalue weighted by atomic mass is 10.7. The maximum absolute atomic E-state index is 5.26. The highest BCUT2D eigenvalue weighted by Gasteiger charge is 1.90. The van der Waals surface area contributed by atoms with E-state index in [1.54, 1.807) is 5.12 Å². The molecule has 0 saturated heterocycles. The average molecular weight is 147 g/mol. The van der Waals surface area contributed by atoms with Crippen LogP contribution in [0.25, 0.3) is 0 Å². The second kappa shape index (κ2) is 6.91. The van der Waals surface area contributed by atoms with Gasteiger partial charge >= 0.3 is 0 Å². The molecule has 0 aromatic carbocycles. The number of nitrogens with one attached hydrogen (secondary N) is 2. The van der Waals surface area contributed by atoms with Crippen molar-refractivity contribution >= 4 is 0 Å². The van der Waals surface area contributed by atoms with E-state index in [2.05, 4.69) is 10.9 Å². The summed E-state index contributed by atoms with van der Waals surface area (Å²) in [6, 6.07) is 0. The fraction of sp³-hybridized carbons (Fsp3) is 1.00. The summed E-state index contributed by atoms with van der Waals surface area (Å²) in [5.41, 5.74) is 16.5. The standard InChI is InChI=1S/C5H17N5/c1-10(8-4-2-6)9-5-3-7/h8-9H,2-7H2,1H3. The van der Waals surface area contributed by atoms with Gasteiger partial charge in [0.2, 0.25) is 0 Å². The van der Waals surface area contributed by atoms with Gasteiger partial charge in [0.15, 0.2) is 0 Å². The van der Waals surface area contributed by atoms with Gasteiger partial charge in [-0.05, 0) is 0 Å². The number of hydrazine groups is 2. The Balaban J connectivity index is 3.00. The summed E-state index contributed by atoms with van der Waals surface area (Å²) in [6.45, 7) is 2.81. The molecule has 0 aromatic heterocycles. The molecule has 62 valence electrons. The summed E-state index contributed by atoms with van der Waals surface area (Å²) in [4.78, 5) is 0. The van der Waals surface area contributed by atoms with Crippen molar-refractivity contribution in [3.63, 3.8) is 0 Å². The van der Waals surface area contributed by atoms with Crippen molar-refractivity contribution in [3.05, 3.63) is 0 Å². The fourth-order valence-electron chi connectivity index (χ4n) is 0.520. The number of nitrogens with two attached hydrogens (primary N) is 2. The normalized spacial score (nSPS) is 10.8. The van der Waals surface area contributed by atoms with Gasteiger partial charge in [-0.3, -0.25) is 0 Å². The number of nitrogens with zero attached hydrogens (tertiary/aromatic N) is 1. The molecule has 0 atom stereocenters. The van der Waals surface area contributed by atoms with Gasteiger partial charge in [-0.1, -0.05) is 0 Å². The van der Waals surface area contributed by atoms with Gasteiger partial charge < -0.3 is 11.5 Å². The Bertz CT molecular complexity index is 59.1. The molecule has 0 aliphatic carbocycles. The summed E-state index contributed by atoms with van der Waals surface area (Å²) in [5, 5.41) is 1.76. The molecular weight excluding hydrogens is 130 g/mol. The van der Waals surface area contributed by atoms with Crippen LogP contribution < -0.4 is 22.3 Å². The lowest BCUT2D eigenvalue weighted by molar-refractivity contribution is 0.159. The van der Waals surface area contributed by atoms with E-state index in [4.69, 9.17) is 11.5 Å². The van der Waals surface area contributed by atoms with Crippen LogP contribution in [0.5, 0.6) is 0 Å². The van der Waals surface area contributed by atoms with Gasteiger partial charge in [0.05, 0.1) is 0 Å². The monoisotopic (exact) mass is 147 g/mol. The zero-order valence-corrected chi connectivity index (χ0v) is 6.43. The molecule has 0 aromatic rings. The van der Waals surface area contributed by atoms with Crippen LogP contribution in [0.15, 0.2) is 0 Å². The molecule has 0 fully saturated rings. The minimum atomic E-state index is 0.634. The van der Waals surface area contributed by atoms with Crippen molar-refractivity contribution in [2.24, 2.45) is 11.5 Å². The van der Waals surface area contributed by atoms with E-state index >= 15 is 0 Å². The van der Waals surface area contributed by atoms with Crippen LogP contribution in [0.1, 0.15) is 0 Å². The van der Waals surface area contributed by atoms with Gasteiger partial charge in [-0.25, -0.2) is 10.9 Å². The Hall–Kier alpha value is -0.200. The topological polar surface area (TPSA) is 79.3 Å². The third-order valence-electron chi connectivity index (χ3n) is 0.987. The molecule has 0 bridgehead atoms. The molecule has 5 heteroatoms. The van der Waals surface area contributed by atoms with Crippen LogP contribution in [0.2, 0.25) is 0 Å².